The van der Waals surface area contributed by atoms with Crippen LogP contribution >= 0.6 is 0 Å². The lowest BCUT2D eigenvalue weighted by molar-refractivity contribution is 0.0472. The maximum Gasteiger partial charge on any atom is 0.408 e. The monoisotopic (exact) mass is 228 g/mol. The van der Waals surface area contributed by atoms with Gasteiger partial charge in [-0.15, -0.1) is 0 Å². The molecule has 0 aromatic carbocycles. The van der Waals surface area contributed by atoms with Crippen LogP contribution < -0.4 is 5.32 Å². The van der Waals surface area contributed by atoms with Gasteiger partial charge in [-0.2, -0.15) is 0 Å². The normalized spacial score (nSPS) is 13.2. The predicted octanol–water partition coefficient (Wildman–Crippen LogP) is 1.23. The highest BCUT2D eigenvalue weighted by atomic mass is 16.6. The first-order valence-corrected chi connectivity index (χ1v) is 4.91. The first-order chi connectivity index (χ1) is 7.42. The largest absolute Gasteiger partial charge is 0.446 e. The minimum atomic E-state index is -0.641. The lowest BCUT2D eigenvalue weighted by Gasteiger charge is -2.21. The number of aromatic nitrogens is 1. The van der Waals surface area contributed by atoms with Crippen molar-refractivity contribution in [2.45, 2.75) is 32.4 Å². The Morgan fingerprint density at radius 2 is 2.38 bits per heavy atom. The maximum absolute atomic E-state index is 11.4. The highest BCUT2D eigenvalue weighted by Gasteiger charge is 2.21. The van der Waals surface area contributed by atoms with Gasteiger partial charge in [0.2, 0.25) is 0 Å². The summed E-state index contributed by atoms with van der Waals surface area (Å²) >= 11 is 0. The predicted molar refractivity (Wildman–Crippen MR) is 55.7 cm³/mol. The second-order valence-corrected chi connectivity index (χ2v) is 4.29. The van der Waals surface area contributed by atoms with Gasteiger partial charge < -0.3 is 19.6 Å². The van der Waals surface area contributed by atoms with Gasteiger partial charge >= 0.3 is 6.09 Å². The number of carbonyl (C=O) groups excluding carboxylic acids is 1. The van der Waals surface area contributed by atoms with Crippen LogP contribution in [0.3, 0.4) is 0 Å². The van der Waals surface area contributed by atoms with Crippen LogP contribution in [-0.4, -0.2) is 28.4 Å². The lowest BCUT2D eigenvalue weighted by atomic mass is 10.2. The van der Waals surface area contributed by atoms with E-state index >= 15 is 0 Å². The van der Waals surface area contributed by atoms with Crippen molar-refractivity contribution in [3.63, 3.8) is 0 Å². The van der Waals surface area contributed by atoms with Gasteiger partial charge in [0.15, 0.2) is 6.39 Å². The van der Waals surface area contributed by atoms with Crippen molar-refractivity contribution in [3.8, 4) is 0 Å². The molecule has 0 saturated heterocycles. The average Bonchev–Trinajstić information content (AvgIpc) is 2.63. The molecule has 1 atom stereocenters. The fraction of sp³-hybridized carbons (Fsp3) is 0.600. The van der Waals surface area contributed by atoms with Crippen molar-refractivity contribution in [2.24, 2.45) is 0 Å². The number of hydrogen-bond acceptors (Lipinski definition) is 5. The van der Waals surface area contributed by atoms with Crippen molar-refractivity contribution in [3.05, 3.63) is 18.4 Å². The molecule has 0 spiro atoms. The van der Waals surface area contributed by atoms with Gasteiger partial charge in [0, 0.05) is 0 Å². The Morgan fingerprint density at radius 3 is 2.81 bits per heavy atom. The summed E-state index contributed by atoms with van der Waals surface area (Å²) in [5.74, 6) is 0.383. The smallest absolute Gasteiger partial charge is 0.408 e. The summed E-state index contributed by atoms with van der Waals surface area (Å²) in [4.78, 5) is 15.1. The molecule has 90 valence electrons. The molecule has 1 rings (SSSR count). The summed E-state index contributed by atoms with van der Waals surface area (Å²) in [7, 11) is 0. The fourth-order valence-electron chi connectivity index (χ4n) is 1.05. The van der Waals surface area contributed by atoms with Crippen LogP contribution in [0.1, 0.15) is 32.6 Å². The molecule has 1 aromatic rings. The minimum absolute atomic E-state index is 0.283. The average molecular weight is 228 g/mol. The van der Waals surface area contributed by atoms with Gasteiger partial charge in [-0.1, -0.05) is 0 Å². The molecule has 1 heterocycles. The lowest BCUT2D eigenvalue weighted by Crippen LogP contribution is -2.36. The third kappa shape index (κ3) is 3.90. The Bertz CT molecular complexity index is 329. The molecule has 0 radical (unpaired) electrons. The standard InChI is InChI=1S/C10H16N2O4/c1-10(2,3)16-9(14)12-7(5-13)8-4-11-6-15-8/h4,6-7,13H,5H2,1-3H3,(H,12,14). The summed E-state index contributed by atoms with van der Waals surface area (Å²) in [5, 5.41) is 11.6. The van der Waals surface area contributed by atoms with Crippen molar-refractivity contribution in [1.29, 1.82) is 0 Å². The molecule has 2 N–H and O–H groups in total. The summed E-state index contributed by atoms with van der Waals surface area (Å²) < 4.78 is 10.0. The molecule has 1 aromatic heterocycles. The van der Waals surface area contributed by atoms with Crippen molar-refractivity contribution in [2.75, 3.05) is 6.61 Å². The van der Waals surface area contributed by atoms with Gasteiger partial charge in [0.05, 0.1) is 12.8 Å². The number of alkyl carbamates (subject to hydrolysis) is 1. The van der Waals surface area contributed by atoms with E-state index in [9.17, 15) is 4.79 Å². The quantitative estimate of drug-likeness (QED) is 0.812. The number of aliphatic hydroxyl groups is 1. The molecule has 0 aliphatic carbocycles. The van der Waals surface area contributed by atoms with E-state index in [1.807, 2.05) is 0 Å². The molecular weight excluding hydrogens is 212 g/mol. The third-order valence-corrected chi connectivity index (χ3v) is 1.67. The highest BCUT2D eigenvalue weighted by Crippen LogP contribution is 2.13. The Balaban J connectivity index is 2.55. The van der Waals surface area contributed by atoms with Crippen molar-refractivity contribution >= 4 is 6.09 Å². The first kappa shape index (κ1) is 12.5. The Hall–Kier alpha value is -1.56. The number of rotatable bonds is 3. The molecule has 1 unspecified atom stereocenters. The van der Waals surface area contributed by atoms with Crippen LogP contribution in [-0.2, 0) is 4.74 Å². The van der Waals surface area contributed by atoms with E-state index in [0.29, 0.717) is 5.76 Å². The van der Waals surface area contributed by atoms with Crippen LogP contribution in [0, 0.1) is 0 Å². The minimum Gasteiger partial charge on any atom is -0.446 e. The number of amides is 1. The first-order valence-electron chi connectivity index (χ1n) is 4.91. The van der Waals surface area contributed by atoms with Crippen molar-refractivity contribution in [1.82, 2.24) is 10.3 Å². The fourth-order valence-corrected chi connectivity index (χ4v) is 1.05. The Labute approximate surface area is 93.6 Å². The van der Waals surface area contributed by atoms with E-state index in [0.717, 1.165) is 0 Å². The number of nitrogens with zero attached hydrogens (tertiary/aromatic N) is 1. The van der Waals surface area contributed by atoms with Gasteiger partial charge in [-0.3, -0.25) is 0 Å². The number of oxazole rings is 1. The molecule has 0 bridgehead atoms. The van der Waals surface area contributed by atoms with E-state index in [1.54, 1.807) is 20.8 Å². The zero-order valence-electron chi connectivity index (χ0n) is 9.56. The zero-order chi connectivity index (χ0) is 12.2. The van der Waals surface area contributed by atoms with Crippen LogP contribution in [0.15, 0.2) is 17.0 Å². The molecule has 6 heteroatoms. The van der Waals surface area contributed by atoms with Gasteiger partial charge in [-0.25, -0.2) is 9.78 Å². The second-order valence-electron chi connectivity index (χ2n) is 4.29. The summed E-state index contributed by atoms with van der Waals surface area (Å²) in [6.45, 7) is 4.99. The van der Waals surface area contributed by atoms with E-state index in [2.05, 4.69) is 10.3 Å². The second kappa shape index (κ2) is 4.98. The van der Waals surface area contributed by atoms with Gasteiger partial charge in [0.25, 0.3) is 0 Å². The summed E-state index contributed by atoms with van der Waals surface area (Å²) in [6.07, 6.45) is 2.05. The third-order valence-electron chi connectivity index (χ3n) is 1.67. The van der Waals surface area contributed by atoms with Gasteiger partial charge in [-0.05, 0) is 20.8 Å². The molecule has 0 saturated carbocycles. The van der Waals surface area contributed by atoms with E-state index < -0.39 is 17.7 Å². The van der Waals surface area contributed by atoms with E-state index in [1.165, 1.54) is 12.6 Å². The molecular formula is C10H16N2O4. The number of carbonyl (C=O) groups is 1. The Morgan fingerprint density at radius 1 is 1.69 bits per heavy atom. The highest BCUT2D eigenvalue weighted by molar-refractivity contribution is 5.68. The van der Waals surface area contributed by atoms with Gasteiger partial charge in [0.1, 0.15) is 17.4 Å². The topological polar surface area (TPSA) is 84.6 Å². The number of ether oxygens (including phenoxy) is 1. The van der Waals surface area contributed by atoms with Crippen LogP contribution in [0.2, 0.25) is 0 Å². The molecule has 6 nitrogen and oxygen atoms in total. The zero-order valence-corrected chi connectivity index (χ0v) is 9.56. The van der Waals surface area contributed by atoms with Crippen molar-refractivity contribution < 1.29 is 19.1 Å². The molecule has 1 amide bonds. The number of hydrogen-bond donors (Lipinski definition) is 2. The summed E-state index contributed by atoms with van der Waals surface area (Å²) in [6, 6.07) is -0.641. The molecule has 16 heavy (non-hydrogen) atoms. The van der Waals surface area contributed by atoms with Crippen LogP contribution in [0.4, 0.5) is 4.79 Å². The molecule has 0 fully saturated rings. The molecule has 0 aliphatic rings. The van der Waals surface area contributed by atoms with Crippen LogP contribution in [0.25, 0.3) is 0 Å². The van der Waals surface area contributed by atoms with E-state index in [-0.39, 0.29) is 6.61 Å². The van der Waals surface area contributed by atoms with Crippen LogP contribution in [0.5, 0.6) is 0 Å². The number of aliphatic hydroxyl groups excluding tert-OH is 1. The SMILES string of the molecule is CC(C)(C)OC(=O)NC(CO)c1cnco1. The summed E-state index contributed by atoms with van der Waals surface area (Å²) in [5.41, 5.74) is -0.578. The number of nitrogens with one attached hydrogen (secondary N) is 1. The van der Waals surface area contributed by atoms with E-state index in [4.69, 9.17) is 14.3 Å². The Kier molecular flexibility index (Phi) is 3.89. The maximum atomic E-state index is 11.4. The molecule has 0 aliphatic heterocycles.